The predicted octanol–water partition coefficient (Wildman–Crippen LogP) is 3.04. The summed E-state index contributed by atoms with van der Waals surface area (Å²) in [4.78, 5) is 13.5. The van der Waals surface area contributed by atoms with Gasteiger partial charge >= 0.3 is 6.03 Å². The lowest BCUT2D eigenvalue weighted by Gasteiger charge is -2.31. The summed E-state index contributed by atoms with van der Waals surface area (Å²) < 4.78 is 25.3. The van der Waals surface area contributed by atoms with Crippen LogP contribution in [0.25, 0.3) is 0 Å². The predicted molar refractivity (Wildman–Crippen MR) is 65.7 cm³/mol. The number of carbonyl (C=O) groups excluding carboxylic acids is 1. The second kappa shape index (κ2) is 5.80. The number of benzene rings is 1. The van der Waals surface area contributed by atoms with Crippen LogP contribution in [0.5, 0.6) is 0 Å². The maximum atomic E-state index is 12.7. The van der Waals surface area contributed by atoms with Crippen LogP contribution in [0.2, 0.25) is 0 Å². The van der Waals surface area contributed by atoms with Crippen molar-refractivity contribution in [3.05, 3.63) is 30.1 Å². The summed E-state index contributed by atoms with van der Waals surface area (Å²) in [7, 11) is 0. The minimum Gasteiger partial charge on any atom is -0.324 e. The van der Waals surface area contributed by atoms with Crippen molar-refractivity contribution >= 4 is 11.7 Å². The Morgan fingerprint density at radius 3 is 2.78 bits per heavy atom. The molecular weight excluding hydrogens is 238 g/mol. The molecule has 2 amide bonds. The van der Waals surface area contributed by atoms with E-state index in [0.717, 1.165) is 12.8 Å². The normalized spacial score (nSPS) is 19.7. The second-order valence-electron chi connectivity index (χ2n) is 4.55. The van der Waals surface area contributed by atoms with Crippen molar-refractivity contribution in [3.63, 3.8) is 0 Å². The van der Waals surface area contributed by atoms with Crippen LogP contribution in [0.1, 0.15) is 12.8 Å². The smallest absolute Gasteiger partial charge is 0.321 e. The van der Waals surface area contributed by atoms with Gasteiger partial charge in [0.2, 0.25) is 0 Å². The van der Waals surface area contributed by atoms with Crippen molar-refractivity contribution in [1.29, 1.82) is 0 Å². The van der Waals surface area contributed by atoms with Gasteiger partial charge in [-0.25, -0.2) is 9.18 Å². The SMILES string of the molecule is O=C(Nc1ccc(F)cc1)N1CCCC(CF)C1. The molecule has 0 aromatic heterocycles. The molecule has 0 radical (unpaired) electrons. The molecule has 1 fully saturated rings. The van der Waals surface area contributed by atoms with Gasteiger partial charge in [0.15, 0.2) is 0 Å². The zero-order chi connectivity index (χ0) is 13.0. The van der Waals surface area contributed by atoms with E-state index in [2.05, 4.69) is 5.32 Å². The number of hydrogen-bond donors (Lipinski definition) is 1. The first-order valence-electron chi connectivity index (χ1n) is 6.06. The minimum absolute atomic E-state index is 0.0577. The minimum atomic E-state index is -0.389. The molecule has 18 heavy (non-hydrogen) atoms. The fraction of sp³-hybridized carbons (Fsp3) is 0.462. The van der Waals surface area contributed by atoms with Crippen LogP contribution in [0.3, 0.4) is 0 Å². The van der Waals surface area contributed by atoms with Gasteiger partial charge in [0, 0.05) is 24.7 Å². The lowest BCUT2D eigenvalue weighted by atomic mass is 10.00. The zero-order valence-corrected chi connectivity index (χ0v) is 10.0. The highest BCUT2D eigenvalue weighted by atomic mass is 19.1. The standard InChI is InChI=1S/C13H16F2N2O/c14-8-10-2-1-7-17(9-10)13(18)16-12-5-3-11(15)4-6-12/h3-6,10H,1-2,7-9H2,(H,16,18). The van der Waals surface area contributed by atoms with Crippen LogP contribution in [0.4, 0.5) is 19.3 Å². The average Bonchev–Trinajstić information content (AvgIpc) is 2.41. The number of likely N-dealkylation sites (tertiary alicyclic amines) is 1. The summed E-state index contributed by atoms with van der Waals surface area (Å²) in [6.45, 7) is 0.702. The Bertz CT molecular complexity index is 408. The molecule has 5 heteroatoms. The fourth-order valence-electron chi connectivity index (χ4n) is 2.11. The highest BCUT2D eigenvalue weighted by molar-refractivity contribution is 5.89. The fourth-order valence-corrected chi connectivity index (χ4v) is 2.11. The van der Waals surface area contributed by atoms with Crippen LogP contribution in [-0.2, 0) is 0 Å². The van der Waals surface area contributed by atoms with Gasteiger partial charge in [-0.15, -0.1) is 0 Å². The van der Waals surface area contributed by atoms with Crippen LogP contribution in [0, 0.1) is 11.7 Å². The first-order valence-corrected chi connectivity index (χ1v) is 6.06. The van der Waals surface area contributed by atoms with E-state index < -0.39 is 0 Å². The van der Waals surface area contributed by atoms with Gasteiger partial charge in [-0.2, -0.15) is 0 Å². The number of rotatable bonds is 2. The molecule has 1 aliphatic rings. The molecule has 1 aliphatic heterocycles. The Labute approximate surface area is 105 Å². The lowest BCUT2D eigenvalue weighted by molar-refractivity contribution is 0.165. The van der Waals surface area contributed by atoms with Gasteiger partial charge in [-0.05, 0) is 37.1 Å². The molecule has 0 bridgehead atoms. The molecule has 1 aromatic rings. The maximum Gasteiger partial charge on any atom is 0.321 e. The highest BCUT2D eigenvalue weighted by Crippen LogP contribution is 2.18. The number of piperidine rings is 1. The van der Waals surface area contributed by atoms with E-state index in [4.69, 9.17) is 0 Å². The summed E-state index contributed by atoms with van der Waals surface area (Å²) in [6.07, 6.45) is 1.66. The molecule has 1 unspecified atom stereocenters. The number of halogens is 2. The number of nitrogens with one attached hydrogen (secondary N) is 1. The zero-order valence-electron chi connectivity index (χ0n) is 10.0. The number of alkyl halides is 1. The van der Waals surface area contributed by atoms with Crippen molar-refractivity contribution in [1.82, 2.24) is 4.90 Å². The van der Waals surface area contributed by atoms with Crippen LogP contribution >= 0.6 is 0 Å². The molecule has 3 nitrogen and oxygen atoms in total. The van der Waals surface area contributed by atoms with E-state index in [-0.39, 0.29) is 24.4 Å². The van der Waals surface area contributed by atoms with E-state index in [1.165, 1.54) is 24.3 Å². The number of anilines is 1. The van der Waals surface area contributed by atoms with E-state index in [1.807, 2.05) is 0 Å². The lowest BCUT2D eigenvalue weighted by Crippen LogP contribution is -2.42. The Morgan fingerprint density at radius 1 is 1.39 bits per heavy atom. The molecule has 1 heterocycles. The van der Waals surface area contributed by atoms with Gasteiger partial charge in [0.1, 0.15) is 5.82 Å². The van der Waals surface area contributed by atoms with E-state index in [1.54, 1.807) is 4.90 Å². The summed E-state index contributed by atoms with van der Waals surface area (Å²) in [5.74, 6) is -0.402. The first-order chi connectivity index (χ1) is 8.69. The summed E-state index contributed by atoms with van der Waals surface area (Å²) >= 11 is 0. The van der Waals surface area contributed by atoms with Gasteiger partial charge in [0.05, 0.1) is 6.67 Å². The Kier molecular flexibility index (Phi) is 4.12. The highest BCUT2D eigenvalue weighted by Gasteiger charge is 2.23. The van der Waals surface area contributed by atoms with Crippen LogP contribution in [0.15, 0.2) is 24.3 Å². The molecule has 98 valence electrons. The molecule has 1 saturated heterocycles. The average molecular weight is 254 g/mol. The Balaban J connectivity index is 1.93. The largest absolute Gasteiger partial charge is 0.324 e. The quantitative estimate of drug-likeness (QED) is 0.864. The number of carbonyl (C=O) groups is 1. The van der Waals surface area contributed by atoms with Crippen LogP contribution < -0.4 is 5.32 Å². The monoisotopic (exact) mass is 254 g/mol. The van der Waals surface area contributed by atoms with E-state index in [9.17, 15) is 13.6 Å². The van der Waals surface area contributed by atoms with Gasteiger partial charge in [-0.3, -0.25) is 4.39 Å². The number of nitrogens with zero attached hydrogens (tertiary/aromatic N) is 1. The third-order valence-corrected chi connectivity index (χ3v) is 3.12. The molecule has 1 N–H and O–H groups in total. The van der Waals surface area contributed by atoms with Crippen molar-refractivity contribution in [2.75, 3.05) is 25.1 Å². The summed E-state index contributed by atoms with van der Waals surface area (Å²) in [5, 5.41) is 2.68. The van der Waals surface area contributed by atoms with E-state index >= 15 is 0 Å². The first kappa shape index (κ1) is 12.8. The summed E-state index contributed by atoms with van der Waals surface area (Å²) in [5.41, 5.74) is 0.545. The molecule has 0 aliphatic carbocycles. The number of amides is 2. The second-order valence-corrected chi connectivity index (χ2v) is 4.55. The van der Waals surface area contributed by atoms with Crippen molar-refractivity contribution in [2.45, 2.75) is 12.8 Å². The Hall–Kier alpha value is -1.65. The molecule has 0 saturated carbocycles. The van der Waals surface area contributed by atoms with Gasteiger partial charge < -0.3 is 10.2 Å². The molecule has 0 spiro atoms. The molecular formula is C13H16F2N2O. The van der Waals surface area contributed by atoms with Crippen molar-refractivity contribution in [2.24, 2.45) is 5.92 Å². The molecule has 1 atom stereocenters. The maximum absolute atomic E-state index is 12.7. The number of urea groups is 1. The third-order valence-electron chi connectivity index (χ3n) is 3.12. The summed E-state index contributed by atoms with van der Waals surface area (Å²) in [6, 6.07) is 5.33. The van der Waals surface area contributed by atoms with Gasteiger partial charge in [-0.1, -0.05) is 0 Å². The topological polar surface area (TPSA) is 32.3 Å². The van der Waals surface area contributed by atoms with Crippen LogP contribution in [-0.4, -0.2) is 30.7 Å². The van der Waals surface area contributed by atoms with Crippen molar-refractivity contribution < 1.29 is 13.6 Å². The number of hydrogen-bond acceptors (Lipinski definition) is 1. The molecule has 2 rings (SSSR count). The van der Waals surface area contributed by atoms with E-state index in [0.29, 0.717) is 18.8 Å². The molecule has 1 aromatic carbocycles. The Morgan fingerprint density at radius 2 is 2.11 bits per heavy atom. The third kappa shape index (κ3) is 3.18. The van der Waals surface area contributed by atoms with Crippen molar-refractivity contribution in [3.8, 4) is 0 Å². The van der Waals surface area contributed by atoms with Gasteiger partial charge in [0.25, 0.3) is 0 Å².